The van der Waals surface area contributed by atoms with Crippen LogP contribution in [0, 0.1) is 0 Å². The summed E-state index contributed by atoms with van der Waals surface area (Å²) in [5.74, 6) is 3.51. The van der Waals surface area contributed by atoms with Gasteiger partial charge < -0.3 is 14.4 Å². The fraction of sp³-hybridized carbons (Fsp3) is 0.0278. The highest BCUT2D eigenvalue weighted by atomic mass is 16.5. The topological polar surface area (TPSA) is 21.7 Å². The maximum atomic E-state index is 6.80. The van der Waals surface area contributed by atoms with Crippen molar-refractivity contribution in [2.24, 2.45) is 0 Å². The molecule has 3 nitrogen and oxygen atoms in total. The predicted octanol–water partition coefficient (Wildman–Crippen LogP) is 18.6. The molecule has 12 aromatic rings. The van der Waals surface area contributed by atoms with Crippen LogP contribution in [0.25, 0.3) is 55.3 Å². The molecule has 0 radical (unpaired) electrons. The van der Waals surface area contributed by atoms with Gasteiger partial charge >= 0.3 is 0 Å². The lowest BCUT2D eigenvalue weighted by Crippen LogP contribution is -2.32. The van der Waals surface area contributed by atoms with E-state index >= 15 is 0 Å². The highest BCUT2D eigenvalue weighted by Crippen LogP contribution is 2.67. The summed E-state index contributed by atoms with van der Waals surface area (Å²) in [6, 6.07) is 100. The Morgan fingerprint density at radius 3 is 1.23 bits per heavy atom. The Hall–Kier alpha value is -9.70. The molecule has 0 saturated heterocycles. The largest absolute Gasteiger partial charge is 0.457 e. The molecule has 4 aliphatic rings. The summed E-state index contributed by atoms with van der Waals surface area (Å²) in [6.45, 7) is 0. The van der Waals surface area contributed by atoms with Gasteiger partial charge in [-0.3, -0.25) is 0 Å². The Labute approximate surface area is 435 Å². The summed E-state index contributed by atoms with van der Waals surface area (Å²) in [4.78, 5) is 2.59. The van der Waals surface area contributed by atoms with Crippen molar-refractivity contribution in [3.8, 4) is 67.5 Å². The van der Waals surface area contributed by atoms with Crippen LogP contribution in [0.2, 0.25) is 0 Å². The number of ether oxygens (including phenoxy) is 2. The van der Waals surface area contributed by atoms with Gasteiger partial charge in [0.1, 0.15) is 23.0 Å². The maximum absolute atomic E-state index is 6.80. The predicted molar refractivity (Wildman–Crippen MR) is 304 cm³/mol. The van der Waals surface area contributed by atoms with Gasteiger partial charge in [0.25, 0.3) is 0 Å². The van der Waals surface area contributed by atoms with Crippen molar-refractivity contribution in [3.05, 3.63) is 317 Å². The molecule has 75 heavy (non-hydrogen) atoms. The van der Waals surface area contributed by atoms with E-state index in [1.807, 2.05) is 0 Å². The quantitative estimate of drug-likeness (QED) is 0.172. The number of benzene rings is 12. The third-order valence-corrected chi connectivity index (χ3v) is 16.6. The van der Waals surface area contributed by atoms with Gasteiger partial charge in [-0.25, -0.2) is 0 Å². The minimum atomic E-state index is -0.652. The number of rotatable bonds is 5. The third kappa shape index (κ3) is 5.64. The Bertz CT molecular complexity index is 4230. The fourth-order valence-corrected chi connectivity index (χ4v) is 13.7. The first-order chi connectivity index (χ1) is 37.2. The van der Waals surface area contributed by atoms with Crippen molar-refractivity contribution in [2.45, 2.75) is 10.8 Å². The summed E-state index contributed by atoms with van der Waals surface area (Å²) in [6.07, 6.45) is 0. The molecule has 2 aliphatic heterocycles. The van der Waals surface area contributed by atoms with E-state index in [1.54, 1.807) is 0 Å². The smallest absolute Gasteiger partial charge is 0.132 e. The Kier molecular flexibility index (Phi) is 8.88. The molecule has 2 spiro atoms. The molecule has 0 N–H and O–H groups in total. The number of fused-ring (bicyclic) bond motifs is 20. The standard InChI is InChI=1S/C72H45NO2/c1-2-20-46(21-3-1)47-40-42-48(43-41-47)50-23-6-13-33-61(50)73(63-35-19-32-59-69(63)51-24-4-7-26-53(51)71(59)55-28-9-14-36-64(55)74-65-37-15-10-29-56(65)71)62-34-18-22-49-44-45-60-70(68(49)62)52-25-5-8-27-54(52)72(60)57-30-11-16-38-66(57)75-67-39-17-12-31-58(67)72/h1-45H. The molecule has 0 bridgehead atoms. The van der Waals surface area contributed by atoms with Gasteiger partial charge in [-0.15, -0.1) is 0 Å². The molecule has 0 amide bonds. The molecule has 0 unspecified atom stereocenters. The summed E-state index contributed by atoms with van der Waals surface area (Å²) < 4.78 is 13.6. The summed E-state index contributed by atoms with van der Waals surface area (Å²) in [5, 5.41) is 2.36. The van der Waals surface area contributed by atoms with Crippen LogP contribution in [-0.4, -0.2) is 0 Å². The monoisotopic (exact) mass is 955 g/mol. The zero-order chi connectivity index (χ0) is 49.2. The van der Waals surface area contributed by atoms with Crippen LogP contribution in [0.15, 0.2) is 273 Å². The normalized spacial score (nSPS) is 14.0. The van der Waals surface area contributed by atoms with Gasteiger partial charge in [0.2, 0.25) is 0 Å². The van der Waals surface area contributed by atoms with Gasteiger partial charge in [-0.1, -0.05) is 231 Å². The molecular formula is C72H45NO2. The van der Waals surface area contributed by atoms with E-state index in [0.29, 0.717) is 0 Å². The number of anilines is 3. The third-order valence-electron chi connectivity index (χ3n) is 16.6. The van der Waals surface area contributed by atoms with Crippen molar-refractivity contribution in [3.63, 3.8) is 0 Å². The van der Waals surface area contributed by atoms with Crippen molar-refractivity contribution in [2.75, 3.05) is 4.90 Å². The average Bonchev–Trinajstić information content (AvgIpc) is 4.18. The molecule has 2 aliphatic carbocycles. The molecule has 2 heterocycles. The van der Waals surface area contributed by atoms with Crippen LogP contribution in [0.3, 0.4) is 0 Å². The lowest BCUT2D eigenvalue weighted by Gasteiger charge is -2.39. The van der Waals surface area contributed by atoms with E-state index in [9.17, 15) is 0 Å². The Morgan fingerprint density at radius 2 is 0.640 bits per heavy atom. The first-order valence-corrected chi connectivity index (χ1v) is 25.9. The highest BCUT2D eigenvalue weighted by molar-refractivity contribution is 6.14. The van der Waals surface area contributed by atoms with Gasteiger partial charge in [0.05, 0.1) is 27.9 Å². The van der Waals surface area contributed by atoms with Gasteiger partial charge in [-0.05, 0) is 103 Å². The average molecular weight is 956 g/mol. The molecular weight excluding hydrogens is 911 g/mol. The molecule has 12 aromatic carbocycles. The summed E-state index contributed by atoms with van der Waals surface area (Å²) in [5.41, 5.74) is 21.0. The van der Waals surface area contributed by atoms with Gasteiger partial charge in [0.15, 0.2) is 0 Å². The fourth-order valence-electron chi connectivity index (χ4n) is 13.7. The summed E-state index contributed by atoms with van der Waals surface area (Å²) >= 11 is 0. The van der Waals surface area contributed by atoms with Crippen molar-refractivity contribution in [1.82, 2.24) is 0 Å². The molecule has 0 aromatic heterocycles. The molecule has 0 saturated carbocycles. The lowest BCUT2D eigenvalue weighted by molar-refractivity contribution is 0.436. The van der Waals surface area contributed by atoms with E-state index in [0.717, 1.165) is 78.8 Å². The number of para-hydroxylation sites is 5. The Balaban J connectivity index is 1.03. The maximum Gasteiger partial charge on any atom is 0.132 e. The SMILES string of the molecule is c1ccc(-c2ccc(-c3ccccc3N(c3cccc4c3-c3ccccc3C43c4ccccc4Oc4ccccc43)c3cccc4ccc5c(c34)-c3ccccc3C53c4ccccc4Oc4ccccc43)cc2)cc1. The first kappa shape index (κ1) is 41.9. The Morgan fingerprint density at radius 1 is 0.240 bits per heavy atom. The zero-order valence-corrected chi connectivity index (χ0v) is 40.7. The van der Waals surface area contributed by atoms with Crippen molar-refractivity contribution in [1.29, 1.82) is 0 Å². The molecule has 0 fully saturated rings. The van der Waals surface area contributed by atoms with Crippen LogP contribution < -0.4 is 14.4 Å². The van der Waals surface area contributed by atoms with Crippen LogP contribution in [0.5, 0.6) is 23.0 Å². The van der Waals surface area contributed by atoms with Crippen LogP contribution in [-0.2, 0) is 10.8 Å². The zero-order valence-electron chi connectivity index (χ0n) is 40.7. The minimum absolute atomic E-state index is 0.634. The van der Waals surface area contributed by atoms with E-state index in [4.69, 9.17) is 9.47 Å². The van der Waals surface area contributed by atoms with Crippen molar-refractivity contribution < 1.29 is 9.47 Å². The highest BCUT2D eigenvalue weighted by Gasteiger charge is 2.54. The lowest BCUT2D eigenvalue weighted by atomic mass is 9.66. The van der Waals surface area contributed by atoms with Crippen molar-refractivity contribution >= 4 is 27.8 Å². The van der Waals surface area contributed by atoms with Gasteiger partial charge in [-0.2, -0.15) is 0 Å². The molecule has 0 atom stereocenters. The number of hydrogen-bond donors (Lipinski definition) is 0. The molecule has 16 rings (SSSR count). The first-order valence-electron chi connectivity index (χ1n) is 25.9. The van der Waals surface area contributed by atoms with Crippen LogP contribution >= 0.6 is 0 Å². The van der Waals surface area contributed by atoms with E-state index in [2.05, 4.69) is 278 Å². The van der Waals surface area contributed by atoms with E-state index < -0.39 is 10.8 Å². The van der Waals surface area contributed by atoms with Gasteiger partial charge in [0, 0.05) is 38.8 Å². The van der Waals surface area contributed by atoms with E-state index in [-0.39, 0.29) is 0 Å². The van der Waals surface area contributed by atoms with Crippen LogP contribution in [0.4, 0.5) is 17.1 Å². The number of hydrogen-bond acceptors (Lipinski definition) is 3. The van der Waals surface area contributed by atoms with Crippen LogP contribution in [0.1, 0.15) is 44.5 Å². The molecule has 3 heteroatoms. The number of nitrogens with zero attached hydrogens (tertiary/aromatic N) is 1. The molecule has 350 valence electrons. The summed E-state index contributed by atoms with van der Waals surface area (Å²) in [7, 11) is 0. The second kappa shape index (κ2) is 15.9. The minimum Gasteiger partial charge on any atom is -0.457 e. The second-order valence-corrected chi connectivity index (χ2v) is 20.1. The second-order valence-electron chi connectivity index (χ2n) is 20.1. The van der Waals surface area contributed by atoms with E-state index in [1.165, 1.54) is 61.0 Å².